The third-order valence-corrected chi connectivity index (χ3v) is 20.4. The zero-order valence-electron chi connectivity index (χ0n) is 75.2. The third kappa shape index (κ3) is 17.8. The van der Waals surface area contributed by atoms with E-state index in [1.165, 1.54) is 0 Å². The molecule has 0 saturated carbocycles. The van der Waals surface area contributed by atoms with Crippen LogP contribution in [0.4, 0.5) is 0 Å². The highest BCUT2D eigenvalue weighted by Crippen LogP contribution is 2.39. The summed E-state index contributed by atoms with van der Waals surface area (Å²) in [5.74, 6) is 3.34. The Kier molecular flexibility index (Phi) is 20.7. The van der Waals surface area contributed by atoms with E-state index in [0.29, 0.717) is 69.1 Å². The number of para-hydroxylation sites is 4. The van der Waals surface area contributed by atoms with Gasteiger partial charge in [0.15, 0.2) is 0 Å². The molecule has 0 saturated heterocycles. The van der Waals surface area contributed by atoms with Gasteiger partial charge in [0.05, 0.1) is 67.0 Å². The summed E-state index contributed by atoms with van der Waals surface area (Å²) in [5, 5.41) is 3.94. The SMILES string of the molecule is [2H]c1c(-c2ccc(-c3ccccc3)cc2)c([2H])c2nc(C)nc(-c3ccccc3)c2c1[2H].[2H]c1cc(-c2ccccc2)c2nc(C)nc(-c3ccccc3)c2c1.[2H]c1cc2c(-c3ccccc3)nc(C)nc2c(-c2ccccc2)c1[2H].[2H]c1ccc(-c2ccccc2)c2nc(C)nc(-c3ccccc3)c12.[2H]c1ccc2c(-c3ccccc3)nc(C)nc2c1-c1ccccc1. The number of aromatic nitrogens is 10. The molecular weight excluding hydrogens is 1470 g/mol. The molecule has 121 heavy (non-hydrogen) atoms. The first-order chi connectivity index (χ1) is 62.9. The van der Waals surface area contributed by atoms with Crippen LogP contribution in [-0.2, 0) is 0 Å². The van der Waals surface area contributed by atoms with E-state index in [1.807, 2.05) is 367 Å². The molecule has 21 rings (SSSR count). The third-order valence-electron chi connectivity index (χ3n) is 20.4. The molecule has 0 atom stereocenters. The zero-order valence-corrected chi connectivity index (χ0v) is 67.2. The minimum Gasteiger partial charge on any atom is -0.233 e. The molecule has 0 aliphatic heterocycles. The van der Waals surface area contributed by atoms with Crippen LogP contribution in [0.2, 0.25) is 0 Å². The Morgan fingerprint density at radius 1 is 0.165 bits per heavy atom. The second kappa shape index (κ2) is 36.6. The smallest absolute Gasteiger partial charge is 0.126 e. The van der Waals surface area contributed by atoms with Crippen molar-refractivity contribution in [1.29, 1.82) is 0 Å². The van der Waals surface area contributed by atoms with Crippen molar-refractivity contribution in [2.75, 3.05) is 0 Å². The van der Waals surface area contributed by atoms with Gasteiger partial charge in [0.1, 0.15) is 29.1 Å². The average Bonchev–Trinajstić information content (AvgIpc) is 0.752. The summed E-state index contributed by atoms with van der Waals surface area (Å²) >= 11 is 0. The van der Waals surface area contributed by atoms with Crippen LogP contribution in [0.5, 0.6) is 0 Å². The molecular formula is C111H84N10. The lowest BCUT2D eigenvalue weighted by Gasteiger charge is -2.11. The fourth-order valence-electron chi connectivity index (χ4n) is 14.8. The second-order valence-corrected chi connectivity index (χ2v) is 28.7. The van der Waals surface area contributed by atoms with Crippen LogP contribution in [0.25, 0.3) is 178 Å². The second-order valence-electron chi connectivity index (χ2n) is 28.7. The normalized spacial score (nSPS) is 11.8. The zero-order chi connectivity index (χ0) is 89.2. The van der Waals surface area contributed by atoms with Crippen LogP contribution in [0.1, 0.15) is 40.1 Å². The monoisotopic (exact) mass is 1560 g/mol. The van der Waals surface area contributed by atoms with Crippen molar-refractivity contribution in [3.05, 3.63) is 448 Å². The summed E-state index contributed by atoms with van der Waals surface area (Å²) in [6.45, 7) is 9.36. The lowest BCUT2D eigenvalue weighted by molar-refractivity contribution is 1.10. The molecule has 0 aliphatic carbocycles. The minimum absolute atomic E-state index is 0.0135. The van der Waals surface area contributed by atoms with E-state index in [0.717, 1.165) is 156 Å². The van der Waals surface area contributed by atoms with Crippen molar-refractivity contribution >= 4 is 54.5 Å². The molecule has 578 valence electrons. The maximum atomic E-state index is 8.89. The number of fused-ring (bicyclic) bond motifs is 5. The largest absolute Gasteiger partial charge is 0.233 e. The van der Waals surface area contributed by atoms with Gasteiger partial charge >= 0.3 is 0 Å². The summed E-state index contributed by atoms with van der Waals surface area (Å²) in [6, 6.07) is 122. The minimum atomic E-state index is 0.0135. The Balaban J connectivity index is 0.000000114. The fraction of sp³-hybridized carbons (Fsp3) is 0.0450. The van der Waals surface area contributed by atoms with Gasteiger partial charge in [-0.15, -0.1) is 0 Å². The van der Waals surface area contributed by atoms with Gasteiger partial charge in [0.25, 0.3) is 0 Å². The lowest BCUT2D eigenvalue weighted by Crippen LogP contribution is -1.95. The van der Waals surface area contributed by atoms with E-state index in [2.05, 4.69) is 74.1 Å². The summed E-state index contributed by atoms with van der Waals surface area (Å²) in [4.78, 5) is 46.3. The molecule has 0 fully saturated rings. The van der Waals surface area contributed by atoms with Gasteiger partial charge in [0.2, 0.25) is 0 Å². The van der Waals surface area contributed by atoms with E-state index in [4.69, 9.17) is 11.0 Å². The Bertz CT molecular complexity index is 7550. The molecule has 21 aromatic rings. The lowest BCUT2D eigenvalue weighted by atomic mass is 9.98. The Morgan fingerprint density at radius 3 is 0.835 bits per heavy atom. The Hall–Kier alpha value is -15.8. The number of hydrogen-bond donors (Lipinski definition) is 0. The number of nitrogens with zero attached hydrogens (tertiary/aromatic N) is 10. The Morgan fingerprint density at radius 2 is 0.438 bits per heavy atom. The molecule has 0 N–H and O–H groups in total. The fourth-order valence-corrected chi connectivity index (χ4v) is 14.8. The molecule has 0 spiro atoms. The van der Waals surface area contributed by atoms with Crippen molar-refractivity contribution in [1.82, 2.24) is 49.8 Å². The first-order valence-corrected chi connectivity index (χ1v) is 40.0. The molecule has 0 bridgehead atoms. The van der Waals surface area contributed by atoms with Gasteiger partial charge in [0, 0.05) is 77.0 Å². The molecule has 5 heterocycles. The maximum absolute atomic E-state index is 8.89. The summed E-state index contributed by atoms with van der Waals surface area (Å²) in [7, 11) is 0. The number of rotatable bonds is 11. The molecule has 10 nitrogen and oxygen atoms in total. The summed E-state index contributed by atoms with van der Waals surface area (Å²) in [6.07, 6.45) is 0. The Labute approximate surface area is 716 Å². The van der Waals surface area contributed by atoms with Gasteiger partial charge in [-0.2, -0.15) is 0 Å². The summed E-state index contributed by atoms with van der Waals surface area (Å²) < 4.78 is 68.1. The summed E-state index contributed by atoms with van der Waals surface area (Å²) in [5.41, 5.74) is 23.5. The number of hydrogen-bond acceptors (Lipinski definition) is 10. The van der Waals surface area contributed by atoms with Gasteiger partial charge in [-0.25, -0.2) is 49.8 Å². The first kappa shape index (κ1) is 68.4. The van der Waals surface area contributed by atoms with Gasteiger partial charge < -0.3 is 0 Å². The van der Waals surface area contributed by atoms with Crippen LogP contribution in [0, 0.1) is 34.6 Å². The van der Waals surface area contributed by atoms with Crippen LogP contribution in [-0.4, -0.2) is 49.8 Å². The van der Waals surface area contributed by atoms with Crippen LogP contribution in [0.3, 0.4) is 0 Å². The average molecular weight is 1570 g/mol. The van der Waals surface area contributed by atoms with E-state index in [-0.39, 0.29) is 30.2 Å². The van der Waals surface area contributed by atoms with Crippen LogP contribution in [0.15, 0.2) is 418 Å². The molecule has 0 amide bonds. The van der Waals surface area contributed by atoms with Gasteiger partial charge in [-0.1, -0.05) is 406 Å². The predicted octanol–water partition coefficient (Wildman–Crippen LogP) is 28.0. The highest BCUT2D eigenvalue weighted by molar-refractivity contribution is 6.05. The standard InChI is InChI=1S/C27H20N2.4C21H16N2/c1-19-28-26-18-24(16-17-25(26)27(29-19)23-10-6-3-7-11-23)22-14-12-21(13-15-22)20-8-4-2-5-9-20;4*1-15-22-20(17-11-6-3-7-12-17)19-14-8-13-18(21(19)23-15)16-9-4-2-5-10-16/h2-18H,1H3;4*2-14H,1H3/i16D,17D,18D;8D,13D;14D;13D;8D. The number of aryl methyl sites for hydroxylation is 5. The number of benzene rings is 16. The maximum Gasteiger partial charge on any atom is 0.126 e. The van der Waals surface area contributed by atoms with E-state index in [9.17, 15) is 0 Å². The molecule has 0 unspecified atom stereocenters. The van der Waals surface area contributed by atoms with Crippen LogP contribution < -0.4 is 0 Å². The highest BCUT2D eigenvalue weighted by atomic mass is 14.9. The first-order valence-electron chi connectivity index (χ1n) is 44.0. The van der Waals surface area contributed by atoms with E-state index in [1.54, 1.807) is 13.0 Å². The van der Waals surface area contributed by atoms with Gasteiger partial charge in [-0.3, -0.25) is 0 Å². The molecule has 0 aliphatic rings. The van der Waals surface area contributed by atoms with E-state index >= 15 is 0 Å². The van der Waals surface area contributed by atoms with Crippen molar-refractivity contribution in [2.24, 2.45) is 0 Å². The molecule has 16 aromatic carbocycles. The highest BCUT2D eigenvalue weighted by Gasteiger charge is 2.19. The quantitative estimate of drug-likeness (QED) is 0.123. The predicted molar refractivity (Wildman–Crippen MR) is 501 cm³/mol. The molecule has 0 radical (unpaired) electrons. The topological polar surface area (TPSA) is 129 Å². The molecule has 5 aromatic heterocycles. The van der Waals surface area contributed by atoms with Crippen molar-refractivity contribution in [3.8, 4) is 123 Å². The van der Waals surface area contributed by atoms with Crippen molar-refractivity contribution < 1.29 is 11.0 Å². The van der Waals surface area contributed by atoms with Gasteiger partial charge in [-0.05, 0) is 91.2 Å². The van der Waals surface area contributed by atoms with Crippen molar-refractivity contribution in [2.45, 2.75) is 34.6 Å². The molecule has 10 heteroatoms. The van der Waals surface area contributed by atoms with Crippen molar-refractivity contribution in [3.63, 3.8) is 0 Å². The van der Waals surface area contributed by atoms with E-state index < -0.39 is 0 Å². The van der Waals surface area contributed by atoms with Crippen LogP contribution >= 0.6 is 0 Å².